The topological polar surface area (TPSA) is 114 Å². The SMILES string of the molecule is CC(C)(C)OC(=O)N1CCCC(c2cc3c(OC4(C)CC4)nc(C#N)cc3cn2)C1N. The third kappa shape index (κ3) is 4.57. The van der Waals surface area contributed by atoms with Gasteiger partial charge in [0.05, 0.1) is 6.17 Å². The van der Waals surface area contributed by atoms with Crippen LogP contribution in [0.4, 0.5) is 4.79 Å². The Bertz CT molecular complexity index is 1050. The lowest BCUT2D eigenvalue weighted by atomic mass is 9.90. The summed E-state index contributed by atoms with van der Waals surface area (Å²) in [6.07, 6.45) is 4.34. The molecule has 2 fully saturated rings. The number of aromatic nitrogens is 2. The molecule has 3 heterocycles. The van der Waals surface area contributed by atoms with Crippen molar-refractivity contribution in [1.29, 1.82) is 5.26 Å². The molecule has 31 heavy (non-hydrogen) atoms. The number of likely N-dealkylation sites (tertiary alicyclic amines) is 1. The Hall–Kier alpha value is -2.92. The Morgan fingerprint density at radius 1 is 1.35 bits per heavy atom. The largest absolute Gasteiger partial charge is 0.471 e. The summed E-state index contributed by atoms with van der Waals surface area (Å²) in [5.41, 5.74) is 6.78. The number of rotatable bonds is 3. The first-order chi connectivity index (χ1) is 14.6. The van der Waals surface area contributed by atoms with E-state index in [1.165, 1.54) is 0 Å². The van der Waals surface area contributed by atoms with Crippen LogP contribution in [0.2, 0.25) is 0 Å². The van der Waals surface area contributed by atoms with Crippen LogP contribution < -0.4 is 10.5 Å². The van der Waals surface area contributed by atoms with Crippen LogP contribution in [0, 0.1) is 11.3 Å². The van der Waals surface area contributed by atoms with E-state index >= 15 is 0 Å². The number of piperidine rings is 1. The van der Waals surface area contributed by atoms with E-state index in [0.717, 1.165) is 42.1 Å². The van der Waals surface area contributed by atoms with Crippen LogP contribution in [0.25, 0.3) is 10.8 Å². The normalized spacial score (nSPS) is 22.6. The number of nitrogens with two attached hydrogens (primary N) is 1. The van der Waals surface area contributed by atoms with Crippen molar-refractivity contribution in [2.45, 2.75) is 76.7 Å². The van der Waals surface area contributed by atoms with E-state index in [9.17, 15) is 10.1 Å². The van der Waals surface area contributed by atoms with E-state index in [-0.39, 0.29) is 11.5 Å². The lowest BCUT2D eigenvalue weighted by Crippen LogP contribution is -2.53. The van der Waals surface area contributed by atoms with Gasteiger partial charge in [0, 0.05) is 35.1 Å². The number of pyridine rings is 2. The monoisotopic (exact) mass is 423 g/mol. The maximum absolute atomic E-state index is 12.6. The van der Waals surface area contributed by atoms with E-state index < -0.39 is 17.9 Å². The molecule has 8 heteroatoms. The molecule has 0 spiro atoms. The summed E-state index contributed by atoms with van der Waals surface area (Å²) >= 11 is 0. The number of amides is 1. The van der Waals surface area contributed by atoms with Gasteiger partial charge >= 0.3 is 6.09 Å². The van der Waals surface area contributed by atoms with E-state index in [2.05, 4.69) is 16.0 Å². The van der Waals surface area contributed by atoms with Gasteiger partial charge in [-0.15, -0.1) is 0 Å². The average molecular weight is 424 g/mol. The second kappa shape index (κ2) is 7.65. The molecule has 164 valence electrons. The summed E-state index contributed by atoms with van der Waals surface area (Å²) in [4.78, 5) is 23.3. The second-order valence-corrected chi connectivity index (χ2v) is 9.72. The fraction of sp³-hybridized carbons (Fsp3) is 0.565. The number of fused-ring (bicyclic) bond motifs is 1. The maximum atomic E-state index is 12.6. The van der Waals surface area contributed by atoms with E-state index in [1.54, 1.807) is 17.2 Å². The smallest absolute Gasteiger partial charge is 0.411 e. The van der Waals surface area contributed by atoms with Gasteiger partial charge < -0.3 is 15.2 Å². The molecule has 2 aromatic heterocycles. The van der Waals surface area contributed by atoms with Crippen molar-refractivity contribution in [3.63, 3.8) is 0 Å². The van der Waals surface area contributed by atoms with Crippen molar-refractivity contribution in [2.75, 3.05) is 6.54 Å². The summed E-state index contributed by atoms with van der Waals surface area (Å²) in [5.74, 6) is 0.316. The first-order valence-corrected chi connectivity index (χ1v) is 10.7. The van der Waals surface area contributed by atoms with Gasteiger partial charge in [0.25, 0.3) is 0 Å². The third-order valence-corrected chi connectivity index (χ3v) is 5.81. The quantitative estimate of drug-likeness (QED) is 0.798. The van der Waals surface area contributed by atoms with Crippen molar-refractivity contribution >= 4 is 16.9 Å². The van der Waals surface area contributed by atoms with Crippen molar-refractivity contribution in [3.8, 4) is 11.9 Å². The number of carbonyl (C=O) groups is 1. The summed E-state index contributed by atoms with van der Waals surface area (Å²) in [6, 6.07) is 5.74. The first-order valence-electron chi connectivity index (χ1n) is 10.7. The lowest BCUT2D eigenvalue weighted by molar-refractivity contribution is 0.00713. The predicted molar refractivity (Wildman–Crippen MR) is 115 cm³/mol. The summed E-state index contributed by atoms with van der Waals surface area (Å²) in [6.45, 7) is 8.12. The molecule has 4 rings (SSSR count). The Labute approximate surface area is 182 Å². The van der Waals surface area contributed by atoms with Crippen molar-refractivity contribution in [1.82, 2.24) is 14.9 Å². The summed E-state index contributed by atoms with van der Waals surface area (Å²) in [5, 5.41) is 10.9. The minimum atomic E-state index is -0.583. The van der Waals surface area contributed by atoms with Gasteiger partial charge in [-0.25, -0.2) is 9.78 Å². The molecule has 1 amide bonds. The average Bonchev–Trinajstić information content (AvgIpc) is 3.43. The summed E-state index contributed by atoms with van der Waals surface area (Å²) < 4.78 is 11.7. The molecule has 1 aliphatic heterocycles. The zero-order valence-electron chi connectivity index (χ0n) is 18.5. The fourth-order valence-corrected chi connectivity index (χ4v) is 3.86. The molecule has 0 radical (unpaired) electrons. The van der Waals surface area contributed by atoms with Crippen molar-refractivity contribution in [2.24, 2.45) is 5.73 Å². The fourth-order valence-electron chi connectivity index (χ4n) is 3.86. The third-order valence-electron chi connectivity index (χ3n) is 5.81. The molecule has 1 saturated carbocycles. The second-order valence-electron chi connectivity index (χ2n) is 9.72. The summed E-state index contributed by atoms with van der Waals surface area (Å²) in [7, 11) is 0. The van der Waals surface area contributed by atoms with E-state index in [4.69, 9.17) is 15.2 Å². The Kier molecular flexibility index (Phi) is 5.26. The maximum Gasteiger partial charge on any atom is 0.411 e. The molecule has 8 nitrogen and oxygen atoms in total. The van der Waals surface area contributed by atoms with Crippen LogP contribution >= 0.6 is 0 Å². The molecule has 2 aromatic rings. The standard InChI is InChI=1S/C23H29N5O3/c1-22(2,3)31-21(29)28-9-5-6-16(19(28)25)18-11-17-14(13-26-18)10-15(12-24)27-20(17)30-23(4)7-8-23/h10-11,13,16,19H,5-9,25H2,1-4H3. The van der Waals surface area contributed by atoms with Crippen LogP contribution in [0.15, 0.2) is 18.3 Å². The van der Waals surface area contributed by atoms with Crippen molar-refractivity contribution in [3.05, 3.63) is 29.7 Å². The molecular formula is C23H29N5O3. The van der Waals surface area contributed by atoms with Gasteiger partial charge in [-0.2, -0.15) is 5.26 Å². The number of carbonyl (C=O) groups excluding carboxylic acids is 1. The highest BCUT2D eigenvalue weighted by Gasteiger charge is 2.41. The molecule has 2 unspecified atom stereocenters. The van der Waals surface area contributed by atoms with E-state index in [1.807, 2.05) is 33.8 Å². The molecule has 0 aromatic carbocycles. The lowest BCUT2D eigenvalue weighted by Gasteiger charge is -2.39. The number of hydrogen-bond acceptors (Lipinski definition) is 7. The molecule has 1 aliphatic carbocycles. The van der Waals surface area contributed by atoms with Gasteiger partial charge in [-0.05, 0) is 65.5 Å². The first kappa shape index (κ1) is 21.3. The zero-order valence-corrected chi connectivity index (χ0v) is 18.5. The molecule has 1 saturated heterocycles. The minimum Gasteiger partial charge on any atom is -0.471 e. The highest BCUT2D eigenvalue weighted by molar-refractivity contribution is 5.87. The Morgan fingerprint density at radius 2 is 2.10 bits per heavy atom. The molecule has 2 N–H and O–H groups in total. The zero-order chi connectivity index (χ0) is 22.4. The van der Waals surface area contributed by atoms with Gasteiger partial charge in [-0.3, -0.25) is 9.88 Å². The van der Waals surface area contributed by atoms with Gasteiger partial charge in [0.15, 0.2) is 0 Å². The highest BCUT2D eigenvalue weighted by atomic mass is 16.6. The van der Waals surface area contributed by atoms with Crippen LogP contribution in [0.3, 0.4) is 0 Å². The minimum absolute atomic E-state index is 0.134. The Balaban J connectivity index is 1.66. The van der Waals surface area contributed by atoms with Crippen LogP contribution in [0.1, 0.15) is 70.7 Å². The van der Waals surface area contributed by atoms with Gasteiger partial charge in [0.2, 0.25) is 5.88 Å². The van der Waals surface area contributed by atoms with Crippen LogP contribution in [0.5, 0.6) is 5.88 Å². The van der Waals surface area contributed by atoms with Gasteiger partial charge in [0.1, 0.15) is 23.0 Å². The Morgan fingerprint density at radius 3 is 2.74 bits per heavy atom. The highest BCUT2D eigenvalue weighted by Crippen LogP contribution is 2.41. The number of nitrogens with zero attached hydrogens (tertiary/aromatic N) is 4. The molecular weight excluding hydrogens is 394 g/mol. The number of nitriles is 1. The van der Waals surface area contributed by atoms with Gasteiger partial charge in [-0.1, -0.05) is 0 Å². The molecule has 2 aliphatic rings. The van der Waals surface area contributed by atoms with Crippen LogP contribution in [-0.4, -0.2) is 44.9 Å². The number of hydrogen-bond donors (Lipinski definition) is 1. The van der Waals surface area contributed by atoms with Crippen molar-refractivity contribution < 1.29 is 14.3 Å². The van der Waals surface area contributed by atoms with Crippen LogP contribution in [-0.2, 0) is 4.74 Å². The molecule has 2 atom stereocenters. The predicted octanol–water partition coefficient (Wildman–Crippen LogP) is 3.83. The molecule has 0 bridgehead atoms. The number of ether oxygens (including phenoxy) is 2. The van der Waals surface area contributed by atoms with E-state index in [0.29, 0.717) is 18.1 Å².